The van der Waals surface area contributed by atoms with E-state index in [1.165, 1.54) is 0 Å². The van der Waals surface area contributed by atoms with Crippen LogP contribution in [0, 0.1) is 6.92 Å². The number of rotatable bonds is 3. The zero-order valence-electron chi connectivity index (χ0n) is 14.1. The number of benzene rings is 1. The molecule has 1 aliphatic rings. The lowest BCUT2D eigenvalue weighted by molar-refractivity contribution is -0.130. The Balaban J connectivity index is 1.39. The van der Waals surface area contributed by atoms with Crippen molar-refractivity contribution in [1.29, 1.82) is 0 Å². The standard InChI is InChI=1S/C18H19N5OS/c1-13-20-11-16(25-13)9-18(24)23-6-4-22(5-7-23)15-2-3-17-14(8-15)10-19-12-21-17/h2-3,8,10-12H,4-7,9H2,1H3. The van der Waals surface area contributed by atoms with E-state index in [1.54, 1.807) is 17.7 Å². The smallest absolute Gasteiger partial charge is 0.228 e. The molecule has 0 spiro atoms. The van der Waals surface area contributed by atoms with E-state index in [0.29, 0.717) is 6.42 Å². The number of aromatic nitrogens is 3. The van der Waals surface area contributed by atoms with E-state index in [0.717, 1.165) is 52.7 Å². The van der Waals surface area contributed by atoms with Crippen molar-refractivity contribution in [2.75, 3.05) is 31.1 Å². The van der Waals surface area contributed by atoms with Crippen molar-refractivity contribution in [3.8, 4) is 0 Å². The Morgan fingerprint density at radius 3 is 2.76 bits per heavy atom. The van der Waals surface area contributed by atoms with Crippen LogP contribution in [0.5, 0.6) is 0 Å². The highest BCUT2D eigenvalue weighted by atomic mass is 32.1. The van der Waals surface area contributed by atoms with Crippen LogP contribution < -0.4 is 4.90 Å². The molecule has 1 fully saturated rings. The molecule has 25 heavy (non-hydrogen) atoms. The van der Waals surface area contributed by atoms with Crippen LogP contribution in [-0.4, -0.2) is 51.9 Å². The molecule has 128 valence electrons. The Kier molecular flexibility index (Phi) is 4.31. The molecule has 3 aromatic rings. The summed E-state index contributed by atoms with van der Waals surface area (Å²) in [7, 11) is 0. The molecule has 6 nitrogen and oxygen atoms in total. The van der Waals surface area contributed by atoms with Crippen molar-refractivity contribution < 1.29 is 4.79 Å². The SMILES string of the molecule is Cc1ncc(CC(=O)N2CCN(c3ccc4ncncc4c3)CC2)s1. The normalized spacial score (nSPS) is 14.9. The van der Waals surface area contributed by atoms with Gasteiger partial charge in [-0.3, -0.25) is 4.79 Å². The Morgan fingerprint density at radius 1 is 1.16 bits per heavy atom. The Morgan fingerprint density at radius 2 is 2.00 bits per heavy atom. The zero-order valence-corrected chi connectivity index (χ0v) is 14.9. The summed E-state index contributed by atoms with van der Waals surface area (Å²) >= 11 is 1.60. The fourth-order valence-electron chi connectivity index (χ4n) is 3.13. The van der Waals surface area contributed by atoms with Gasteiger partial charge in [0, 0.05) is 54.5 Å². The van der Waals surface area contributed by atoms with Gasteiger partial charge in [0.05, 0.1) is 16.9 Å². The third kappa shape index (κ3) is 3.46. The van der Waals surface area contributed by atoms with E-state index in [9.17, 15) is 4.79 Å². The van der Waals surface area contributed by atoms with Gasteiger partial charge in [-0.15, -0.1) is 11.3 Å². The summed E-state index contributed by atoms with van der Waals surface area (Å²) in [5.41, 5.74) is 2.11. The molecule has 0 radical (unpaired) electrons. The number of amides is 1. The van der Waals surface area contributed by atoms with Gasteiger partial charge in [-0.1, -0.05) is 0 Å². The van der Waals surface area contributed by atoms with Gasteiger partial charge in [0.2, 0.25) is 5.91 Å². The third-order valence-corrected chi connectivity index (χ3v) is 5.39. The molecule has 0 aliphatic carbocycles. The van der Waals surface area contributed by atoms with Gasteiger partial charge in [0.15, 0.2) is 0 Å². The molecular weight excluding hydrogens is 334 g/mol. The Hall–Kier alpha value is -2.54. The predicted octanol–water partition coefficient (Wildman–Crippen LogP) is 2.29. The first-order chi connectivity index (χ1) is 12.2. The molecule has 4 rings (SSSR count). The van der Waals surface area contributed by atoms with Gasteiger partial charge in [-0.2, -0.15) is 0 Å². The Bertz CT molecular complexity index is 901. The summed E-state index contributed by atoms with van der Waals surface area (Å²) in [4.78, 5) is 30.3. The quantitative estimate of drug-likeness (QED) is 0.723. The second-order valence-electron chi connectivity index (χ2n) is 6.16. The zero-order chi connectivity index (χ0) is 17.2. The molecule has 1 aliphatic heterocycles. The molecule has 0 atom stereocenters. The number of piperazine rings is 1. The molecule has 1 amide bonds. The van der Waals surface area contributed by atoms with Gasteiger partial charge in [-0.05, 0) is 25.1 Å². The summed E-state index contributed by atoms with van der Waals surface area (Å²) in [5, 5.41) is 2.05. The average molecular weight is 353 g/mol. The van der Waals surface area contributed by atoms with E-state index >= 15 is 0 Å². The first-order valence-electron chi connectivity index (χ1n) is 8.33. The van der Waals surface area contributed by atoms with E-state index in [4.69, 9.17) is 0 Å². The van der Waals surface area contributed by atoms with Crippen LogP contribution in [0.2, 0.25) is 0 Å². The lowest BCUT2D eigenvalue weighted by Crippen LogP contribution is -2.49. The van der Waals surface area contributed by atoms with Crippen LogP contribution in [0.1, 0.15) is 9.88 Å². The fourth-order valence-corrected chi connectivity index (χ4v) is 3.92. The van der Waals surface area contributed by atoms with E-state index in [-0.39, 0.29) is 5.91 Å². The molecule has 0 N–H and O–H groups in total. The van der Waals surface area contributed by atoms with Crippen LogP contribution in [-0.2, 0) is 11.2 Å². The first kappa shape index (κ1) is 16.0. The third-order valence-electron chi connectivity index (χ3n) is 4.48. The molecule has 1 saturated heterocycles. The van der Waals surface area contributed by atoms with Crippen molar-refractivity contribution in [2.24, 2.45) is 0 Å². The summed E-state index contributed by atoms with van der Waals surface area (Å²) in [6.07, 6.45) is 5.67. The van der Waals surface area contributed by atoms with Crippen molar-refractivity contribution in [2.45, 2.75) is 13.3 Å². The first-order valence-corrected chi connectivity index (χ1v) is 9.14. The topological polar surface area (TPSA) is 62.2 Å². The largest absolute Gasteiger partial charge is 0.368 e. The van der Waals surface area contributed by atoms with E-state index in [1.807, 2.05) is 30.3 Å². The number of carbonyl (C=O) groups is 1. The van der Waals surface area contributed by atoms with Gasteiger partial charge >= 0.3 is 0 Å². The summed E-state index contributed by atoms with van der Waals surface area (Å²) in [5.74, 6) is 0.190. The van der Waals surface area contributed by atoms with Crippen LogP contribution in [0.4, 0.5) is 5.69 Å². The van der Waals surface area contributed by atoms with Gasteiger partial charge in [-0.25, -0.2) is 15.0 Å². The molecule has 0 unspecified atom stereocenters. The summed E-state index contributed by atoms with van der Waals surface area (Å²) in [6.45, 7) is 5.14. The monoisotopic (exact) mass is 353 g/mol. The van der Waals surface area contributed by atoms with Crippen LogP contribution in [0.15, 0.2) is 36.9 Å². The molecule has 2 aromatic heterocycles. The molecule has 0 saturated carbocycles. The minimum absolute atomic E-state index is 0.190. The lowest BCUT2D eigenvalue weighted by Gasteiger charge is -2.36. The fraction of sp³-hybridized carbons (Fsp3) is 0.333. The maximum atomic E-state index is 12.5. The highest BCUT2D eigenvalue weighted by Crippen LogP contribution is 2.22. The molecule has 0 bridgehead atoms. The number of hydrogen-bond donors (Lipinski definition) is 0. The highest BCUT2D eigenvalue weighted by molar-refractivity contribution is 7.11. The lowest BCUT2D eigenvalue weighted by atomic mass is 10.2. The van der Waals surface area contributed by atoms with Crippen molar-refractivity contribution in [3.05, 3.63) is 46.8 Å². The van der Waals surface area contributed by atoms with Crippen LogP contribution in [0.25, 0.3) is 10.9 Å². The number of fused-ring (bicyclic) bond motifs is 1. The molecular formula is C18H19N5OS. The van der Waals surface area contributed by atoms with E-state index in [2.05, 4.69) is 32.0 Å². The molecule has 1 aromatic carbocycles. The van der Waals surface area contributed by atoms with Gasteiger partial charge in [0.25, 0.3) is 0 Å². The van der Waals surface area contributed by atoms with Crippen LogP contribution >= 0.6 is 11.3 Å². The second kappa shape index (κ2) is 6.76. The predicted molar refractivity (Wildman–Crippen MR) is 98.9 cm³/mol. The van der Waals surface area contributed by atoms with Crippen molar-refractivity contribution >= 4 is 33.8 Å². The Labute approximate surface area is 150 Å². The molecule has 7 heteroatoms. The number of hydrogen-bond acceptors (Lipinski definition) is 6. The number of anilines is 1. The maximum Gasteiger partial charge on any atom is 0.228 e. The number of aryl methyl sites for hydroxylation is 1. The minimum Gasteiger partial charge on any atom is -0.368 e. The van der Waals surface area contributed by atoms with Crippen molar-refractivity contribution in [1.82, 2.24) is 19.9 Å². The number of carbonyl (C=O) groups excluding carboxylic acids is 1. The minimum atomic E-state index is 0.190. The second-order valence-corrected chi connectivity index (χ2v) is 7.48. The summed E-state index contributed by atoms with van der Waals surface area (Å²) in [6, 6.07) is 6.23. The maximum absolute atomic E-state index is 12.5. The average Bonchev–Trinajstić information content (AvgIpc) is 3.06. The van der Waals surface area contributed by atoms with Crippen molar-refractivity contribution in [3.63, 3.8) is 0 Å². The molecule has 3 heterocycles. The number of thiazole rings is 1. The summed E-state index contributed by atoms with van der Waals surface area (Å²) < 4.78 is 0. The highest BCUT2D eigenvalue weighted by Gasteiger charge is 2.22. The van der Waals surface area contributed by atoms with Crippen LogP contribution in [0.3, 0.4) is 0 Å². The van der Waals surface area contributed by atoms with E-state index < -0.39 is 0 Å². The van der Waals surface area contributed by atoms with Gasteiger partial charge < -0.3 is 9.80 Å². The van der Waals surface area contributed by atoms with Gasteiger partial charge in [0.1, 0.15) is 6.33 Å². The number of nitrogens with zero attached hydrogens (tertiary/aromatic N) is 5.